The van der Waals surface area contributed by atoms with Crippen LogP contribution in [-0.2, 0) is 13.1 Å². The molecule has 0 fully saturated rings. The van der Waals surface area contributed by atoms with E-state index in [-0.39, 0.29) is 0 Å². The van der Waals surface area contributed by atoms with Crippen molar-refractivity contribution in [2.45, 2.75) is 13.1 Å². The summed E-state index contributed by atoms with van der Waals surface area (Å²) in [5.74, 6) is 1.59. The molecule has 29 heavy (non-hydrogen) atoms. The average Bonchev–Trinajstić information content (AvgIpc) is 2.79. The lowest BCUT2D eigenvalue weighted by Gasteiger charge is -2.25. The van der Waals surface area contributed by atoms with Gasteiger partial charge < -0.3 is 9.80 Å². The van der Waals surface area contributed by atoms with Gasteiger partial charge in [-0.2, -0.15) is 4.98 Å². The molecule has 0 aliphatic carbocycles. The zero-order valence-corrected chi connectivity index (χ0v) is 16.5. The van der Waals surface area contributed by atoms with Gasteiger partial charge in [0.2, 0.25) is 5.95 Å². The van der Waals surface area contributed by atoms with E-state index < -0.39 is 0 Å². The van der Waals surface area contributed by atoms with Crippen LogP contribution >= 0.6 is 0 Å². The Labute approximate surface area is 172 Å². The second-order valence-corrected chi connectivity index (χ2v) is 6.96. The lowest BCUT2D eigenvalue weighted by Crippen LogP contribution is -2.22. The van der Waals surface area contributed by atoms with Crippen LogP contribution in [0.15, 0.2) is 103 Å². The first-order valence-electron chi connectivity index (χ1n) is 9.74. The second kappa shape index (κ2) is 9.02. The quantitative estimate of drug-likeness (QED) is 0.427. The van der Waals surface area contributed by atoms with E-state index in [9.17, 15) is 0 Å². The van der Waals surface area contributed by atoms with Gasteiger partial charge in [0.05, 0.1) is 0 Å². The third-order valence-corrected chi connectivity index (χ3v) is 4.76. The molecule has 4 aromatic rings. The molecule has 0 aliphatic rings. The van der Waals surface area contributed by atoms with Gasteiger partial charge in [0, 0.05) is 32.0 Å². The first-order chi connectivity index (χ1) is 14.3. The van der Waals surface area contributed by atoms with Gasteiger partial charge in [-0.25, -0.2) is 4.98 Å². The van der Waals surface area contributed by atoms with Crippen LogP contribution in [0.25, 0.3) is 0 Å². The zero-order valence-electron chi connectivity index (χ0n) is 16.5. The molecular formula is C25H24N4. The van der Waals surface area contributed by atoms with Crippen molar-refractivity contribution in [1.82, 2.24) is 9.97 Å². The largest absolute Gasteiger partial charge is 0.339 e. The minimum absolute atomic E-state index is 0.709. The van der Waals surface area contributed by atoms with Crippen LogP contribution in [0.5, 0.6) is 0 Å². The smallest absolute Gasteiger partial charge is 0.227 e. The van der Waals surface area contributed by atoms with Gasteiger partial charge in [-0.05, 0) is 29.3 Å². The molecule has 4 heteroatoms. The summed E-state index contributed by atoms with van der Waals surface area (Å²) in [6.07, 6.45) is 1.83. The molecule has 0 saturated heterocycles. The summed E-state index contributed by atoms with van der Waals surface area (Å²) >= 11 is 0. The van der Waals surface area contributed by atoms with Crippen LogP contribution in [0.2, 0.25) is 0 Å². The maximum absolute atomic E-state index is 4.88. The first kappa shape index (κ1) is 18.7. The topological polar surface area (TPSA) is 32.3 Å². The molecule has 0 bridgehead atoms. The molecule has 4 nitrogen and oxygen atoms in total. The molecule has 0 amide bonds. The molecule has 144 valence electrons. The summed E-state index contributed by atoms with van der Waals surface area (Å²) in [6.45, 7) is 1.50. The SMILES string of the molecule is CN(Cc1ccccc1)c1nccc(N(Cc2ccccc2)c2ccccc2)n1. The van der Waals surface area contributed by atoms with E-state index in [1.807, 2.05) is 37.5 Å². The van der Waals surface area contributed by atoms with Crippen LogP contribution in [-0.4, -0.2) is 17.0 Å². The van der Waals surface area contributed by atoms with Crippen molar-refractivity contribution in [2.24, 2.45) is 0 Å². The third kappa shape index (κ3) is 4.79. The minimum Gasteiger partial charge on any atom is -0.339 e. The predicted octanol–water partition coefficient (Wildman–Crippen LogP) is 5.45. The Bertz CT molecular complexity index is 1020. The summed E-state index contributed by atoms with van der Waals surface area (Å²) in [4.78, 5) is 13.7. The Morgan fingerprint density at radius 1 is 0.655 bits per heavy atom. The van der Waals surface area contributed by atoms with Crippen LogP contribution in [0, 0.1) is 0 Å². The lowest BCUT2D eigenvalue weighted by atomic mass is 10.2. The van der Waals surface area contributed by atoms with Gasteiger partial charge in [0.15, 0.2) is 0 Å². The zero-order chi connectivity index (χ0) is 19.9. The molecule has 0 unspecified atom stereocenters. The van der Waals surface area contributed by atoms with E-state index >= 15 is 0 Å². The Balaban J connectivity index is 1.63. The highest BCUT2D eigenvalue weighted by atomic mass is 15.3. The van der Waals surface area contributed by atoms with E-state index in [0.29, 0.717) is 5.95 Å². The number of benzene rings is 3. The van der Waals surface area contributed by atoms with Crippen molar-refractivity contribution in [3.63, 3.8) is 0 Å². The number of hydrogen-bond acceptors (Lipinski definition) is 4. The number of para-hydroxylation sites is 1. The molecule has 0 spiro atoms. The Morgan fingerprint density at radius 3 is 1.83 bits per heavy atom. The van der Waals surface area contributed by atoms with E-state index in [0.717, 1.165) is 24.6 Å². The average molecular weight is 380 g/mol. The van der Waals surface area contributed by atoms with Crippen LogP contribution in [0.1, 0.15) is 11.1 Å². The maximum atomic E-state index is 4.88. The number of anilines is 3. The molecule has 3 aromatic carbocycles. The summed E-state index contributed by atoms with van der Waals surface area (Å²) in [5, 5.41) is 0. The molecule has 0 N–H and O–H groups in total. The molecule has 4 rings (SSSR count). The highest BCUT2D eigenvalue weighted by molar-refractivity contribution is 5.61. The Kier molecular flexibility index (Phi) is 5.81. The van der Waals surface area contributed by atoms with Crippen molar-refractivity contribution >= 4 is 17.5 Å². The van der Waals surface area contributed by atoms with E-state index in [4.69, 9.17) is 4.98 Å². The maximum Gasteiger partial charge on any atom is 0.227 e. The standard InChI is InChI=1S/C25H24N4/c1-28(19-21-11-5-2-6-12-21)25-26-18-17-24(27-25)29(23-15-9-4-10-16-23)20-22-13-7-3-8-14-22/h2-18H,19-20H2,1H3. The summed E-state index contributed by atoms with van der Waals surface area (Å²) in [6, 6.07) is 33.1. The normalized spacial score (nSPS) is 10.5. The lowest BCUT2D eigenvalue weighted by molar-refractivity contribution is 0.853. The van der Waals surface area contributed by atoms with Crippen molar-refractivity contribution in [3.8, 4) is 0 Å². The van der Waals surface area contributed by atoms with E-state index in [1.165, 1.54) is 11.1 Å². The van der Waals surface area contributed by atoms with Crippen LogP contribution in [0.4, 0.5) is 17.5 Å². The van der Waals surface area contributed by atoms with Gasteiger partial charge in [0.1, 0.15) is 5.82 Å². The molecule has 1 heterocycles. The van der Waals surface area contributed by atoms with Crippen molar-refractivity contribution < 1.29 is 0 Å². The fraction of sp³-hybridized carbons (Fsp3) is 0.120. The fourth-order valence-corrected chi connectivity index (χ4v) is 3.28. The van der Waals surface area contributed by atoms with Crippen molar-refractivity contribution in [2.75, 3.05) is 16.8 Å². The molecule has 1 aromatic heterocycles. The van der Waals surface area contributed by atoms with Gasteiger partial charge in [-0.3, -0.25) is 0 Å². The van der Waals surface area contributed by atoms with Gasteiger partial charge in [-0.1, -0.05) is 78.9 Å². The number of hydrogen-bond donors (Lipinski definition) is 0. The summed E-state index contributed by atoms with van der Waals surface area (Å²) < 4.78 is 0. The van der Waals surface area contributed by atoms with Crippen molar-refractivity contribution in [1.29, 1.82) is 0 Å². The molecular weight excluding hydrogens is 356 g/mol. The van der Waals surface area contributed by atoms with Crippen LogP contribution < -0.4 is 9.80 Å². The fourth-order valence-electron chi connectivity index (χ4n) is 3.28. The Morgan fingerprint density at radius 2 is 1.21 bits per heavy atom. The monoisotopic (exact) mass is 380 g/mol. The van der Waals surface area contributed by atoms with Gasteiger partial charge in [0.25, 0.3) is 0 Å². The highest BCUT2D eigenvalue weighted by Gasteiger charge is 2.14. The molecule has 0 radical (unpaired) electrons. The van der Waals surface area contributed by atoms with Crippen LogP contribution in [0.3, 0.4) is 0 Å². The van der Waals surface area contributed by atoms with Gasteiger partial charge >= 0.3 is 0 Å². The van der Waals surface area contributed by atoms with Gasteiger partial charge in [-0.15, -0.1) is 0 Å². The van der Waals surface area contributed by atoms with E-state index in [1.54, 1.807) is 0 Å². The highest BCUT2D eigenvalue weighted by Crippen LogP contribution is 2.27. The Hall–Kier alpha value is -3.66. The minimum atomic E-state index is 0.709. The number of aromatic nitrogens is 2. The first-order valence-corrected chi connectivity index (χ1v) is 9.74. The molecule has 0 aliphatic heterocycles. The summed E-state index contributed by atoms with van der Waals surface area (Å²) in [7, 11) is 2.02. The third-order valence-electron chi connectivity index (χ3n) is 4.76. The predicted molar refractivity (Wildman–Crippen MR) is 119 cm³/mol. The second-order valence-electron chi connectivity index (χ2n) is 6.96. The number of nitrogens with zero attached hydrogens (tertiary/aromatic N) is 4. The summed E-state index contributed by atoms with van der Waals surface area (Å²) in [5.41, 5.74) is 3.56. The van der Waals surface area contributed by atoms with E-state index in [2.05, 4.69) is 87.6 Å². The van der Waals surface area contributed by atoms with Crippen molar-refractivity contribution in [3.05, 3.63) is 114 Å². The molecule has 0 saturated carbocycles. The number of rotatable bonds is 7. The molecule has 0 atom stereocenters.